The van der Waals surface area contributed by atoms with Gasteiger partial charge in [0.2, 0.25) is 0 Å². The van der Waals surface area contributed by atoms with Crippen LogP contribution >= 0.6 is 23.4 Å². The quantitative estimate of drug-likeness (QED) is 0.265. The van der Waals surface area contributed by atoms with E-state index in [0.717, 1.165) is 0 Å². The number of carbonyl (C=O) groups excluding carboxylic acids is 1. The summed E-state index contributed by atoms with van der Waals surface area (Å²) in [7, 11) is 0. The maximum atomic E-state index is 13.8. The molecular weight excluding hydrogens is 413 g/mol. The third kappa shape index (κ3) is 5.25. The fourth-order valence-electron chi connectivity index (χ4n) is 2.62. The Morgan fingerprint density at radius 1 is 1.31 bits per heavy atom. The topological polar surface area (TPSA) is 57.0 Å². The molecule has 0 aliphatic carbocycles. The number of carbonyl (C=O) groups is 1. The first-order valence-electron chi connectivity index (χ1n) is 8.86. The standard InChI is InChI=1S/C21H19ClFN3O2S/c1-3-11-26-19(13-28-18-10-5-4-9-17(18)23)24-25-21(26)29-14(2)20(27)15-7-6-8-16(22)12-15/h3-10,12,14H,1,11,13H2,2H3/t14-/m0/s1. The molecule has 29 heavy (non-hydrogen) atoms. The molecule has 0 bridgehead atoms. The van der Waals surface area contributed by atoms with Crippen molar-refractivity contribution >= 4 is 29.1 Å². The molecule has 8 heteroatoms. The van der Waals surface area contributed by atoms with Gasteiger partial charge < -0.3 is 4.74 Å². The molecular formula is C21H19ClFN3O2S. The van der Waals surface area contributed by atoms with Gasteiger partial charge in [0.25, 0.3) is 0 Å². The minimum absolute atomic E-state index is 0.0406. The monoisotopic (exact) mass is 431 g/mol. The summed E-state index contributed by atoms with van der Waals surface area (Å²) < 4.78 is 21.1. The van der Waals surface area contributed by atoms with Crippen LogP contribution in [0.1, 0.15) is 23.1 Å². The number of benzene rings is 2. The maximum Gasteiger partial charge on any atom is 0.192 e. The van der Waals surface area contributed by atoms with Gasteiger partial charge in [-0.25, -0.2) is 4.39 Å². The zero-order chi connectivity index (χ0) is 20.8. The third-order valence-electron chi connectivity index (χ3n) is 4.06. The number of rotatable bonds is 9. The maximum absolute atomic E-state index is 13.8. The lowest BCUT2D eigenvalue weighted by atomic mass is 10.1. The lowest BCUT2D eigenvalue weighted by Gasteiger charge is -2.12. The highest BCUT2D eigenvalue weighted by atomic mass is 35.5. The predicted octanol–water partition coefficient (Wildman–Crippen LogP) is 5.20. The molecule has 0 aliphatic rings. The van der Waals surface area contributed by atoms with Crippen LogP contribution in [0.15, 0.2) is 66.3 Å². The lowest BCUT2D eigenvalue weighted by Crippen LogP contribution is -2.15. The highest BCUT2D eigenvalue weighted by molar-refractivity contribution is 8.00. The zero-order valence-electron chi connectivity index (χ0n) is 15.7. The van der Waals surface area contributed by atoms with Crippen molar-refractivity contribution in [3.8, 4) is 5.75 Å². The molecule has 3 rings (SSSR count). The Morgan fingerprint density at radius 3 is 2.83 bits per heavy atom. The molecule has 1 atom stereocenters. The van der Waals surface area contributed by atoms with Crippen LogP contribution in [0.2, 0.25) is 5.02 Å². The number of para-hydroxylation sites is 1. The van der Waals surface area contributed by atoms with Gasteiger partial charge in [-0.05, 0) is 31.2 Å². The van der Waals surface area contributed by atoms with Gasteiger partial charge in [0, 0.05) is 17.1 Å². The molecule has 2 aromatic carbocycles. The smallest absolute Gasteiger partial charge is 0.192 e. The second-order valence-corrected chi connectivity index (χ2v) is 7.90. The highest BCUT2D eigenvalue weighted by Crippen LogP contribution is 2.26. The first kappa shape index (κ1) is 21.1. The summed E-state index contributed by atoms with van der Waals surface area (Å²) in [6, 6.07) is 13.0. The highest BCUT2D eigenvalue weighted by Gasteiger charge is 2.21. The largest absolute Gasteiger partial charge is 0.483 e. The predicted molar refractivity (Wildman–Crippen MR) is 112 cm³/mol. The minimum atomic E-state index is -0.447. The number of ketones is 1. The Morgan fingerprint density at radius 2 is 2.10 bits per heavy atom. The number of allylic oxidation sites excluding steroid dienone is 1. The summed E-state index contributed by atoms with van der Waals surface area (Å²) in [5, 5.41) is 8.99. The Labute approximate surface area is 177 Å². The van der Waals surface area contributed by atoms with E-state index in [2.05, 4.69) is 16.8 Å². The molecule has 3 aromatic rings. The second kappa shape index (κ2) is 9.71. The summed E-state index contributed by atoms with van der Waals surface area (Å²) in [6.07, 6.45) is 1.70. The number of halogens is 2. The van der Waals surface area contributed by atoms with Gasteiger partial charge in [-0.1, -0.05) is 53.7 Å². The number of nitrogens with zero attached hydrogens (tertiary/aromatic N) is 3. The van der Waals surface area contributed by atoms with Crippen molar-refractivity contribution in [1.82, 2.24) is 14.8 Å². The van der Waals surface area contributed by atoms with E-state index in [1.165, 1.54) is 17.8 Å². The summed E-state index contributed by atoms with van der Waals surface area (Å²) in [4.78, 5) is 12.7. The molecule has 0 N–H and O–H groups in total. The van der Waals surface area contributed by atoms with Crippen molar-refractivity contribution in [2.45, 2.75) is 30.5 Å². The average molecular weight is 432 g/mol. The molecule has 0 radical (unpaired) electrons. The van der Waals surface area contributed by atoms with Gasteiger partial charge in [0.15, 0.2) is 28.3 Å². The lowest BCUT2D eigenvalue weighted by molar-refractivity contribution is 0.0994. The van der Waals surface area contributed by atoms with E-state index in [1.54, 1.807) is 60.0 Å². The van der Waals surface area contributed by atoms with Crippen molar-refractivity contribution < 1.29 is 13.9 Å². The molecule has 0 amide bonds. The molecule has 0 unspecified atom stereocenters. The Bertz CT molecular complexity index is 1020. The molecule has 0 saturated carbocycles. The Hall–Kier alpha value is -2.64. The van der Waals surface area contributed by atoms with Crippen molar-refractivity contribution in [2.75, 3.05) is 0 Å². The summed E-state index contributed by atoms with van der Waals surface area (Å²) in [6.45, 7) is 6.03. The molecule has 1 aromatic heterocycles. The SMILES string of the molecule is C=CCn1c(COc2ccccc2F)nnc1S[C@@H](C)C(=O)c1cccc(Cl)c1. The van der Waals surface area contributed by atoms with Crippen LogP contribution in [0, 0.1) is 5.82 Å². The molecule has 5 nitrogen and oxygen atoms in total. The number of thioether (sulfide) groups is 1. The van der Waals surface area contributed by atoms with E-state index in [9.17, 15) is 9.18 Å². The molecule has 0 fully saturated rings. The first-order chi connectivity index (χ1) is 14.0. The van der Waals surface area contributed by atoms with Crippen molar-refractivity contribution in [3.63, 3.8) is 0 Å². The van der Waals surface area contributed by atoms with Crippen molar-refractivity contribution in [1.29, 1.82) is 0 Å². The van der Waals surface area contributed by atoms with Gasteiger partial charge in [-0.15, -0.1) is 16.8 Å². The number of hydrogen-bond donors (Lipinski definition) is 0. The summed E-state index contributed by atoms with van der Waals surface area (Å²) in [5.41, 5.74) is 0.537. The number of Topliss-reactive ketones (excluding diaryl/α,β-unsaturated/α-hetero) is 1. The van der Waals surface area contributed by atoms with E-state index in [1.807, 2.05) is 0 Å². The second-order valence-electron chi connectivity index (χ2n) is 6.15. The van der Waals surface area contributed by atoms with Crippen LogP contribution in [-0.4, -0.2) is 25.8 Å². The van der Waals surface area contributed by atoms with Gasteiger partial charge >= 0.3 is 0 Å². The average Bonchev–Trinajstić information content (AvgIpc) is 3.08. The molecule has 0 aliphatic heterocycles. The van der Waals surface area contributed by atoms with E-state index in [-0.39, 0.29) is 18.1 Å². The number of hydrogen-bond acceptors (Lipinski definition) is 5. The molecule has 150 valence electrons. The number of aromatic nitrogens is 3. The first-order valence-corrected chi connectivity index (χ1v) is 10.1. The van der Waals surface area contributed by atoms with Gasteiger partial charge in [0.1, 0.15) is 6.61 Å². The van der Waals surface area contributed by atoms with Crippen LogP contribution in [0.4, 0.5) is 4.39 Å². The van der Waals surface area contributed by atoms with Crippen LogP contribution < -0.4 is 4.74 Å². The van der Waals surface area contributed by atoms with Crippen LogP contribution in [0.5, 0.6) is 5.75 Å². The Kier molecular flexibility index (Phi) is 7.06. The van der Waals surface area contributed by atoms with Gasteiger partial charge in [0.05, 0.1) is 5.25 Å². The van der Waals surface area contributed by atoms with E-state index < -0.39 is 11.1 Å². The molecule has 0 saturated heterocycles. The van der Waals surface area contributed by atoms with Crippen LogP contribution in [-0.2, 0) is 13.2 Å². The summed E-state index contributed by atoms with van der Waals surface area (Å²) >= 11 is 7.27. The third-order valence-corrected chi connectivity index (χ3v) is 5.37. The van der Waals surface area contributed by atoms with Crippen LogP contribution in [0.25, 0.3) is 0 Å². The van der Waals surface area contributed by atoms with E-state index in [4.69, 9.17) is 16.3 Å². The number of ether oxygens (including phenoxy) is 1. The zero-order valence-corrected chi connectivity index (χ0v) is 17.3. The van der Waals surface area contributed by atoms with Gasteiger partial charge in [-0.2, -0.15) is 0 Å². The normalized spacial score (nSPS) is 11.8. The van der Waals surface area contributed by atoms with Crippen LogP contribution in [0.3, 0.4) is 0 Å². The van der Waals surface area contributed by atoms with Crippen molar-refractivity contribution in [2.24, 2.45) is 0 Å². The minimum Gasteiger partial charge on any atom is -0.483 e. The summed E-state index contributed by atoms with van der Waals surface area (Å²) in [5.74, 6) is 0.143. The van der Waals surface area contributed by atoms with Gasteiger partial charge in [-0.3, -0.25) is 9.36 Å². The fourth-order valence-corrected chi connectivity index (χ4v) is 3.76. The van der Waals surface area contributed by atoms with Crippen molar-refractivity contribution in [3.05, 3.63) is 83.4 Å². The molecule has 1 heterocycles. The molecule has 0 spiro atoms. The fraction of sp³-hybridized carbons (Fsp3) is 0.190. The van der Waals surface area contributed by atoms with E-state index >= 15 is 0 Å². The van der Waals surface area contributed by atoms with E-state index in [0.29, 0.717) is 28.1 Å². The Balaban J connectivity index is 1.74.